The van der Waals surface area contributed by atoms with Crippen LogP contribution in [0.1, 0.15) is 36.0 Å². The number of amides is 1. The minimum absolute atomic E-state index is 0.0407. The number of piperidine rings is 1. The Hall–Kier alpha value is -0.970. The first kappa shape index (κ1) is 16.9. The summed E-state index contributed by atoms with van der Waals surface area (Å²) in [7, 11) is 1.53. The number of carbonyl (C=O) groups excluding carboxylic acids is 1. The highest BCUT2D eigenvalue weighted by atomic mass is 35.5. The number of rotatable bonds is 5. The Morgan fingerprint density at radius 1 is 1.22 bits per heavy atom. The average molecular weight is 357 g/mol. The van der Waals surface area contributed by atoms with Crippen molar-refractivity contribution in [2.24, 2.45) is 5.92 Å². The largest absolute Gasteiger partial charge is 0.496 e. The Morgan fingerprint density at radius 3 is 2.48 bits per heavy atom. The van der Waals surface area contributed by atoms with Crippen molar-refractivity contribution in [3.05, 3.63) is 27.7 Å². The van der Waals surface area contributed by atoms with E-state index in [4.69, 9.17) is 27.9 Å². The van der Waals surface area contributed by atoms with Gasteiger partial charge < -0.3 is 15.0 Å². The topological polar surface area (TPSA) is 41.6 Å². The fourth-order valence-electron chi connectivity index (χ4n) is 2.98. The lowest BCUT2D eigenvalue weighted by atomic mass is 10.0. The molecule has 0 bridgehead atoms. The Balaban J connectivity index is 1.61. The van der Waals surface area contributed by atoms with Crippen LogP contribution in [0.5, 0.6) is 5.75 Å². The number of hydrogen-bond acceptors (Lipinski definition) is 3. The van der Waals surface area contributed by atoms with E-state index in [0.717, 1.165) is 38.4 Å². The maximum absolute atomic E-state index is 12.7. The average Bonchev–Trinajstić information content (AvgIpc) is 3.39. The van der Waals surface area contributed by atoms with Crippen molar-refractivity contribution in [1.82, 2.24) is 10.2 Å². The number of likely N-dealkylation sites (tertiary alicyclic amines) is 1. The molecule has 1 aromatic rings. The Labute approximate surface area is 147 Å². The lowest BCUT2D eigenvalue weighted by Gasteiger charge is -2.33. The molecule has 1 N–H and O–H groups in total. The van der Waals surface area contributed by atoms with Gasteiger partial charge in [0.25, 0.3) is 5.91 Å². The molecule has 1 amide bonds. The SMILES string of the molecule is COc1cc(Cl)c(Cl)cc1C(=O)N1CCC(NCC2CC2)CC1. The molecule has 0 aromatic heterocycles. The summed E-state index contributed by atoms with van der Waals surface area (Å²) in [6, 6.07) is 3.72. The molecule has 1 aliphatic heterocycles. The maximum Gasteiger partial charge on any atom is 0.257 e. The summed E-state index contributed by atoms with van der Waals surface area (Å²) in [5.74, 6) is 1.31. The highest BCUT2D eigenvalue weighted by Gasteiger charge is 2.27. The Kier molecular flexibility index (Phi) is 5.34. The number of benzene rings is 1. The van der Waals surface area contributed by atoms with E-state index in [1.807, 2.05) is 4.90 Å². The van der Waals surface area contributed by atoms with Gasteiger partial charge in [0.2, 0.25) is 0 Å². The number of nitrogens with one attached hydrogen (secondary N) is 1. The molecule has 126 valence electrons. The van der Waals surface area contributed by atoms with E-state index in [9.17, 15) is 4.79 Å². The molecule has 6 heteroatoms. The van der Waals surface area contributed by atoms with Crippen LogP contribution in [0.25, 0.3) is 0 Å². The van der Waals surface area contributed by atoms with Crippen molar-refractivity contribution < 1.29 is 9.53 Å². The number of methoxy groups -OCH3 is 1. The predicted molar refractivity (Wildman–Crippen MR) is 92.7 cm³/mol. The van der Waals surface area contributed by atoms with Gasteiger partial charge in [-0.15, -0.1) is 0 Å². The van der Waals surface area contributed by atoms with E-state index < -0.39 is 0 Å². The highest BCUT2D eigenvalue weighted by molar-refractivity contribution is 6.42. The standard InChI is InChI=1S/C17H22Cl2N2O2/c1-23-16-9-15(19)14(18)8-13(16)17(22)21-6-4-12(5-7-21)20-10-11-2-3-11/h8-9,11-12,20H,2-7,10H2,1H3. The van der Waals surface area contributed by atoms with Crippen LogP contribution in [0, 0.1) is 5.92 Å². The van der Waals surface area contributed by atoms with Crippen LogP contribution < -0.4 is 10.1 Å². The second-order valence-corrected chi connectivity index (χ2v) is 7.20. The van der Waals surface area contributed by atoms with Crippen molar-refractivity contribution in [2.75, 3.05) is 26.7 Å². The van der Waals surface area contributed by atoms with E-state index in [2.05, 4.69) is 5.32 Å². The lowest BCUT2D eigenvalue weighted by Crippen LogP contribution is -2.45. The molecule has 0 spiro atoms. The van der Waals surface area contributed by atoms with Gasteiger partial charge in [0.1, 0.15) is 5.75 Å². The van der Waals surface area contributed by atoms with E-state index in [-0.39, 0.29) is 5.91 Å². The first-order chi connectivity index (χ1) is 11.1. The van der Waals surface area contributed by atoms with E-state index >= 15 is 0 Å². The van der Waals surface area contributed by atoms with Crippen LogP contribution >= 0.6 is 23.2 Å². The van der Waals surface area contributed by atoms with Crippen LogP contribution in [0.15, 0.2) is 12.1 Å². The van der Waals surface area contributed by atoms with Crippen LogP contribution in [0.4, 0.5) is 0 Å². The predicted octanol–water partition coefficient (Wildman–Crippen LogP) is 3.61. The Bertz CT molecular complexity index is 582. The molecule has 3 rings (SSSR count). The number of nitrogens with zero attached hydrogens (tertiary/aromatic N) is 1. The number of carbonyl (C=O) groups is 1. The van der Waals surface area contributed by atoms with Gasteiger partial charge in [-0.3, -0.25) is 4.79 Å². The van der Waals surface area contributed by atoms with Crippen molar-refractivity contribution in [1.29, 1.82) is 0 Å². The first-order valence-corrected chi connectivity index (χ1v) is 8.89. The minimum atomic E-state index is -0.0407. The zero-order valence-electron chi connectivity index (χ0n) is 13.3. The van der Waals surface area contributed by atoms with Gasteiger partial charge in [-0.05, 0) is 44.2 Å². The molecule has 1 saturated carbocycles. The summed E-state index contributed by atoms with van der Waals surface area (Å²) in [4.78, 5) is 14.6. The van der Waals surface area contributed by atoms with Gasteiger partial charge >= 0.3 is 0 Å². The summed E-state index contributed by atoms with van der Waals surface area (Å²) in [5.41, 5.74) is 0.478. The van der Waals surface area contributed by atoms with E-state index in [1.165, 1.54) is 20.0 Å². The van der Waals surface area contributed by atoms with Crippen LogP contribution in [-0.4, -0.2) is 43.6 Å². The molecule has 23 heavy (non-hydrogen) atoms. The molecular formula is C17H22Cl2N2O2. The van der Waals surface area contributed by atoms with Crippen molar-refractivity contribution in [3.63, 3.8) is 0 Å². The van der Waals surface area contributed by atoms with Crippen molar-refractivity contribution >= 4 is 29.1 Å². The highest BCUT2D eigenvalue weighted by Crippen LogP contribution is 2.32. The van der Waals surface area contributed by atoms with Crippen LogP contribution in [0.3, 0.4) is 0 Å². The van der Waals surface area contributed by atoms with Crippen LogP contribution in [-0.2, 0) is 0 Å². The third-order valence-corrected chi connectivity index (χ3v) is 5.37. The molecule has 1 saturated heterocycles. The summed E-state index contributed by atoms with van der Waals surface area (Å²) in [6.07, 6.45) is 4.70. The van der Waals surface area contributed by atoms with Gasteiger partial charge in [-0.2, -0.15) is 0 Å². The molecule has 1 aromatic carbocycles. The molecule has 2 aliphatic rings. The van der Waals surface area contributed by atoms with Crippen LogP contribution in [0.2, 0.25) is 10.0 Å². The molecule has 4 nitrogen and oxygen atoms in total. The quantitative estimate of drug-likeness (QED) is 0.875. The second-order valence-electron chi connectivity index (χ2n) is 6.38. The zero-order chi connectivity index (χ0) is 16.4. The molecule has 0 atom stereocenters. The van der Waals surface area contributed by atoms with Gasteiger partial charge in [0, 0.05) is 25.2 Å². The number of hydrogen-bond donors (Lipinski definition) is 1. The molecule has 0 unspecified atom stereocenters. The van der Waals surface area contributed by atoms with E-state index in [1.54, 1.807) is 12.1 Å². The third kappa shape index (κ3) is 4.11. The van der Waals surface area contributed by atoms with E-state index in [0.29, 0.717) is 27.4 Å². The number of ether oxygens (including phenoxy) is 1. The van der Waals surface area contributed by atoms with Crippen molar-refractivity contribution in [3.8, 4) is 5.75 Å². The summed E-state index contributed by atoms with van der Waals surface area (Å²) >= 11 is 12.1. The maximum atomic E-state index is 12.7. The monoisotopic (exact) mass is 356 g/mol. The molecule has 1 heterocycles. The summed E-state index contributed by atoms with van der Waals surface area (Å²) in [5, 5.41) is 4.38. The second kappa shape index (κ2) is 7.29. The molecular weight excluding hydrogens is 335 g/mol. The summed E-state index contributed by atoms with van der Waals surface area (Å²) in [6.45, 7) is 2.63. The van der Waals surface area contributed by atoms with Gasteiger partial charge in [0.05, 0.1) is 22.7 Å². The lowest BCUT2D eigenvalue weighted by molar-refractivity contribution is 0.0701. The molecule has 1 aliphatic carbocycles. The van der Waals surface area contributed by atoms with Gasteiger partial charge in [-0.1, -0.05) is 23.2 Å². The van der Waals surface area contributed by atoms with Gasteiger partial charge in [-0.25, -0.2) is 0 Å². The normalized spacial score (nSPS) is 19.0. The summed E-state index contributed by atoms with van der Waals surface area (Å²) < 4.78 is 5.28. The fraction of sp³-hybridized carbons (Fsp3) is 0.588. The zero-order valence-corrected chi connectivity index (χ0v) is 14.8. The third-order valence-electron chi connectivity index (χ3n) is 4.65. The first-order valence-electron chi connectivity index (χ1n) is 8.14. The minimum Gasteiger partial charge on any atom is -0.496 e. The van der Waals surface area contributed by atoms with Gasteiger partial charge in [0.15, 0.2) is 0 Å². The molecule has 2 fully saturated rings. The smallest absolute Gasteiger partial charge is 0.257 e. The number of halogens is 2. The Morgan fingerprint density at radius 2 is 1.87 bits per heavy atom. The fourth-order valence-corrected chi connectivity index (χ4v) is 3.29. The molecule has 0 radical (unpaired) electrons. The van der Waals surface area contributed by atoms with Crippen molar-refractivity contribution in [2.45, 2.75) is 31.7 Å².